The zero-order chi connectivity index (χ0) is 15.3. The van der Waals surface area contributed by atoms with Crippen molar-refractivity contribution < 1.29 is 14.7 Å². The average Bonchev–Trinajstić information content (AvgIpc) is 2.36. The largest absolute Gasteiger partial charge is 0.480 e. The molecule has 0 aliphatic heterocycles. The quantitative estimate of drug-likeness (QED) is 0.843. The van der Waals surface area contributed by atoms with Gasteiger partial charge in [0.1, 0.15) is 6.54 Å². The summed E-state index contributed by atoms with van der Waals surface area (Å²) in [5, 5.41) is 8.91. The monoisotopic (exact) mass is 283 g/mol. The Labute approximate surface area is 122 Å². The fourth-order valence-corrected chi connectivity index (χ4v) is 3.16. The Morgan fingerprint density at radius 2 is 1.70 bits per heavy atom. The van der Waals surface area contributed by atoms with Crippen molar-refractivity contribution in [2.24, 2.45) is 17.3 Å². The molecule has 0 spiro atoms. The Morgan fingerprint density at radius 3 is 2.10 bits per heavy atom. The van der Waals surface area contributed by atoms with Gasteiger partial charge in [-0.05, 0) is 43.4 Å². The van der Waals surface area contributed by atoms with E-state index in [-0.39, 0.29) is 18.4 Å². The summed E-state index contributed by atoms with van der Waals surface area (Å²) in [6, 6.07) is 0. The van der Waals surface area contributed by atoms with Crippen LogP contribution in [0.15, 0.2) is 0 Å². The van der Waals surface area contributed by atoms with Gasteiger partial charge in [0.2, 0.25) is 5.91 Å². The van der Waals surface area contributed by atoms with Crippen molar-refractivity contribution in [3.8, 4) is 0 Å². The summed E-state index contributed by atoms with van der Waals surface area (Å²) in [5.74, 6) is -0.179. The highest BCUT2D eigenvalue weighted by atomic mass is 16.4. The summed E-state index contributed by atoms with van der Waals surface area (Å²) >= 11 is 0. The zero-order valence-electron chi connectivity index (χ0n) is 13.3. The fraction of sp³-hybridized carbons (Fsp3) is 0.875. The van der Waals surface area contributed by atoms with Crippen molar-refractivity contribution >= 4 is 11.9 Å². The molecule has 1 amide bonds. The van der Waals surface area contributed by atoms with Crippen LogP contribution < -0.4 is 0 Å². The molecule has 0 saturated heterocycles. The molecule has 4 nitrogen and oxygen atoms in total. The maximum Gasteiger partial charge on any atom is 0.323 e. The van der Waals surface area contributed by atoms with Gasteiger partial charge >= 0.3 is 5.97 Å². The van der Waals surface area contributed by atoms with Gasteiger partial charge in [0.15, 0.2) is 0 Å². The molecule has 0 aromatic rings. The predicted octanol–water partition coefficient (Wildman–Crippen LogP) is 3.16. The van der Waals surface area contributed by atoms with Crippen LogP contribution in [0.5, 0.6) is 0 Å². The van der Waals surface area contributed by atoms with E-state index in [1.807, 2.05) is 6.92 Å². The first-order chi connectivity index (χ1) is 9.25. The van der Waals surface area contributed by atoms with Crippen LogP contribution in [0.3, 0.4) is 0 Å². The number of rotatable bonds is 5. The summed E-state index contributed by atoms with van der Waals surface area (Å²) in [6.45, 7) is 9.13. The van der Waals surface area contributed by atoms with E-state index in [0.29, 0.717) is 17.9 Å². The van der Waals surface area contributed by atoms with Gasteiger partial charge < -0.3 is 10.0 Å². The third-order valence-electron chi connectivity index (χ3n) is 4.43. The Hall–Kier alpha value is -1.06. The fourth-order valence-electron chi connectivity index (χ4n) is 3.16. The van der Waals surface area contributed by atoms with Crippen LogP contribution in [0.4, 0.5) is 0 Å². The van der Waals surface area contributed by atoms with Crippen LogP contribution >= 0.6 is 0 Å². The van der Waals surface area contributed by atoms with Crippen molar-refractivity contribution in [1.82, 2.24) is 4.90 Å². The van der Waals surface area contributed by atoms with Gasteiger partial charge in [-0.25, -0.2) is 0 Å². The van der Waals surface area contributed by atoms with Gasteiger partial charge in [-0.3, -0.25) is 9.59 Å². The number of carboxylic acid groups (broad SMARTS) is 1. The first kappa shape index (κ1) is 17.0. The molecule has 0 radical (unpaired) electrons. The maximum atomic E-state index is 12.4. The molecule has 0 aromatic heterocycles. The minimum atomic E-state index is -0.921. The lowest BCUT2D eigenvalue weighted by Gasteiger charge is -2.37. The van der Waals surface area contributed by atoms with Gasteiger partial charge in [-0.1, -0.05) is 27.7 Å². The van der Waals surface area contributed by atoms with Gasteiger partial charge in [0.25, 0.3) is 0 Å². The molecule has 0 unspecified atom stereocenters. The molecule has 1 fully saturated rings. The predicted molar refractivity (Wildman–Crippen MR) is 79.4 cm³/mol. The smallest absolute Gasteiger partial charge is 0.323 e. The van der Waals surface area contributed by atoms with Crippen molar-refractivity contribution in [3.63, 3.8) is 0 Å². The number of carbonyl (C=O) groups is 2. The number of aliphatic carboxylic acids is 1. The number of hydrogen-bond donors (Lipinski definition) is 1. The maximum absolute atomic E-state index is 12.4. The standard InChI is InChI=1S/C16H29NO3/c1-5-10-17(11-14(18)19)15(20)12-6-8-13(9-7-12)16(2,3)4/h12-13H,5-11H2,1-4H3,(H,18,19). The van der Waals surface area contributed by atoms with Crippen molar-refractivity contribution in [2.75, 3.05) is 13.1 Å². The molecule has 1 N–H and O–H groups in total. The molecule has 4 heteroatoms. The lowest BCUT2D eigenvalue weighted by Crippen LogP contribution is -2.41. The molecule has 0 heterocycles. The van der Waals surface area contributed by atoms with E-state index in [0.717, 1.165) is 32.1 Å². The number of amides is 1. The van der Waals surface area contributed by atoms with Crippen LogP contribution in [-0.2, 0) is 9.59 Å². The van der Waals surface area contributed by atoms with Gasteiger partial charge in [-0.15, -0.1) is 0 Å². The lowest BCUT2D eigenvalue weighted by atomic mass is 9.69. The van der Waals surface area contributed by atoms with E-state index >= 15 is 0 Å². The molecule has 1 saturated carbocycles. The Morgan fingerprint density at radius 1 is 1.15 bits per heavy atom. The minimum absolute atomic E-state index is 0.0273. The summed E-state index contributed by atoms with van der Waals surface area (Å²) < 4.78 is 0. The molecule has 0 atom stereocenters. The molecule has 0 aromatic carbocycles. The second kappa shape index (κ2) is 7.09. The summed E-state index contributed by atoms with van der Waals surface area (Å²) in [6.07, 6.45) is 4.76. The van der Waals surface area contributed by atoms with Crippen LogP contribution in [0.25, 0.3) is 0 Å². The Kier molecular flexibility index (Phi) is 6.03. The third-order valence-corrected chi connectivity index (χ3v) is 4.43. The first-order valence-electron chi connectivity index (χ1n) is 7.76. The van der Waals surface area contributed by atoms with Gasteiger partial charge in [-0.2, -0.15) is 0 Å². The highest BCUT2D eigenvalue weighted by Crippen LogP contribution is 2.40. The van der Waals surface area contributed by atoms with Crippen molar-refractivity contribution in [2.45, 2.75) is 59.8 Å². The van der Waals surface area contributed by atoms with Crippen LogP contribution in [0.2, 0.25) is 0 Å². The molecule has 0 bridgehead atoms. The molecule has 20 heavy (non-hydrogen) atoms. The highest BCUT2D eigenvalue weighted by Gasteiger charge is 2.34. The number of hydrogen-bond acceptors (Lipinski definition) is 2. The highest BCUT2D eigenvalue weighted by molar-refractivity contribution is 5.83. The van der Waals surface area contributed by atoms with Crippen molar-refractivity contribution in [1.29, 1.82) is 0 Å². The van der Waals surface area contributed by atoms with E-state index in [4.69, 9.17) is 5.11 Å². The molecule has 1 rings (SSSR count). The van der Waals surface area contributed by atoms with Gasteiger partial charge in [0, 0.05) is 12.5 Å². The van der Waals surface area contributed by atoms with E-state index in [1.54, 1.807) is 0 Å². The Bertz CT molecular complexity index is 338. The second-order valence-corrected chi connectivity index (χ2v) is 7.07. The summed E-state index contributed by atoms with van der Waals surface area (Å²) in [7, 11) is 0. The van der Waals surface area contributed by atoms with Crippen LogP contribution in [0.1, 0.15) is 59.8 Å². The van der Waals surface area contributed by atoms with E-state index < -0.39 is 5.97 Å². The summed E-state index contributed by atoms with van der Waals surface area (Å²) in [4.78, 5) is 24.8. The molecular formula is C16H29NO3. The molecular weight excluding hydrogens is 254 g/mol. The lowest BCUT2D eigenvalue weighted by molar-refractivity contribution is -0.147. The van der Waals surface area contributed by atoms with E-state index in [2.05, 4.69) is 20.8 Å². The second-order valence-electron chi connectivity index (χ2n) is 7.07. The minimum Gasteiger partial charge on any atom is -0.480 e. The SMILES string of the molecule is CCCN(CC(=O)O)C(=O)C1CCC(C(C)(C)C)CC1. The first-order valence-corrected chi connectivity index (χ1v) is 7.76. The molecule has 116 valence electrons. The van der Waals surface area contributed by atoms with E-state index in [9.17, 15) is 9.59 Å². The number of carboxylic acids is 1. The molecule has 1 aliphatic carbocycles. The normalized spacial score (nSPS) is 23.4. The van der Waals surface area contributed by atoms with Crippen molar-refractivity contribution in [3.05, 3.63) is 0 Å². The average molecular weight is 283 g/mol. The summed E-state index contributed by atoms with van der Waals surface area (Å²) in [5.41, 5.74) is 0.304. The zero-order valence-corrected chi connectivity index (χ0v) is 13.3. The topological polar surface area (TPSA) is 57.6 Å². The number of carbonyl (C=O) groups excluding carboxylic acids is 1. The van der Waals surface area contributed by atoms with Gasteiger partial charge in [0.05, 0.1) is 0 Å². The third kappa shape index (κ3) is 4.80. The van der Waals surface area contributed by atoms with E-state index in [1.165, 1.54) is 4.90 Å². The number of nitrogens with zero attached hydrogens (tertiary/aromatic N) is 1. The van der Waals surface area contributed by atoms with Crippen LogP contribution in [-0.4, -0.2) is 35.0 Å². The van der Waals surface area contributed by atoms with Crippen LogP contribution in [0, 0.1) is 17.3 Å². The Balaban J connectivity index is 2.57. The molecule has 1 aliphatic rings.